The van der Waals surface area contributed by atoms with E-state index in [0.717, 1.165) is 28.3 Å². The third-order valence-corrected chi connectivity index (χ3v) is 6.07. The molecule has 0 aliphatic heterocycles. The average Bonchev–Trinajstić information content (AvgIpc) is 2.77. The number of hydrogen-bond donors (Lipinski definition) is 1. The second-order valence-electron chi connectivity index (χ2n) is 4.16. The lowest BCUT2D eigenvalue weighted by molar-refractivity contribution is -0.138. The standard InChI is InChI=1S/C12H9BrF3NO2S2/c1-7-2-5-11(20-7)21(18,19)17-8-3-4-10(13)9(6-8)12(14,15)16/h2-6,17H,1H3. The van der Waals surface area contributed by atoms with Gasteiger partial charge in [0.15, 0.2) is 0 Å². The summed E-state index contributed by atoms with van der Waals surface area (Å²) in [4.78, 5) is 0.794. The van der Waals surface area contributed by atoms with Crippen molar-refractivity contribution in [3.63, 3.8) is 0 Å². The quantitative estimate of drug-likeness (QED) is 0.816. The van der Waals surface area contributed by atoms with Crippen molar-refractivity contribution in [2.75, 3.05) is 4.72 Å². The van der Waals surface area contributed by atoms with Gasteiger partial charge in [0, 0.05) is 15.0 Å². The van der Waals surface area contributed by atoms with Crippen LogP contribution in [-0.4, -0.2) is 8.42 Å². The van der Waals surface area contributed by atoms with Crippen LogP contribution in [0.2, 0.25) is 0 Å². The minimum absolute atomic E-state index is 0.0523. The fourth-order valence-corrected chi connectivity index (χ4v) is 4.37. The van der Waals surface area contributed by atoms with E-state index in [-0.39, 0.29) is 14.4 Å². The van der Waals surface area contributed by atoms with Crippen molar-refractivity contribution < 1.29 is 21.6 Å². The Bertz CT molecular complexity index is 769. The zero-order valence-corrected chi connectivity index (χ0v) is 13.8. The summed E-state index contributed by atoms with van der Waals surface area (Å²) in [6, 6.07) is 6.20. The van der Waals surface area contributed by atoms with E-state index in [2.05, 4.69) is 20.7 Å². The molecule has 2 rings (SSSR count). The lowest BCUT2D eigenvalue weighted by Crippen LogP contribution is -2.13. The molecule has 0 unspecified atom stereocenters. The second kappa shape index (κ2) is 5.62. The number of alkyl halides is 3. The van der Waals surface area contributed by atoms with Crippen molar-refractivity contribution in [1.29, 1.82) is 0 Å². The normalized spacial score (nSPS) is 12.4. The monoisotopic (exact) mass is 399 g/mol. The molecule has 21 heavy (non-hydrogen) atoms. The predicted molar refractivity (Wildman–Crippen MR) is 79.0 cm³/mol. The first-order valence-corrected chi connectivity index (χ1v) is 8.65. The number of nitrogens with one attached hydrogen (secondary N) is 1. The van der Waals surface area contributed by atoms with Crippen LogP contribution < -0.4 is 4.72 Å². The zero-order valence-electron chi connectivity index (χ0n) is 10.5. The Hall–Kier alpha value is -1.06. The van der Waals surface area contributed by atoms with Gasteiger partial charge in [0.1, 0.15) is 4.21 Å². The van der Waals surface area contributed by atoms with Gasteiger partial charge in [-0.15, -0.1) is 11.3 Å². The maximum absolute atomic E-state index is 12.8. The first-order valence-electron chi connectivity index (χ1n) is 5.55. The van der Waals surface area contributed by atoms with E-state index in [1.54, 1.807) is 13.0 Å². The molecule has 0 amide bonds. The third kappa shape index (κ3) is 3.78. The molecule has 1 heterocycles. The molecule has 0 aliphatic rings. The highest BCUT2D eigenvalue weighted by Gasteiger charge is 2.33. The molecular weight excluding hydrogens is 391 g/mol. The molecule has 3 nitrogen and oxygen atoms in total. The van der Waals surface area contributed by atoms with E-state index >= 15 is 0 Å². The van der Waals surface area contributed by atoms with Crippen LogP contribution in [-0.2, 0) is 16.2 Å². The van der Waals surface area contributed by atoms with E-state index in [9.17, 15) is 21.6 Å². The summed E-state index contributed by atoms with van der Waals surface area (Å²) in [5.74, 6) is 0. The van der Waals surface area contributed by atoms with E-state index in [0.29, 0.717) is 0 Å². The number of hydrogen-bond acceptors (Lipinski definition) is 3. The lowest BCUT2D eigenvalue weighted by atomic mass is 10.2. The Kier molecular flexibility index (Phi) is 4.36. The van der Waals surface area contributed by atoms with Crippen molar-refractivity contribution in [2.24, 2.45) is 0 Å². The van der Waals surface area contributed by atoms with Crippen molar-refractivity contribution >= 4 is 43.0 Å². The number of halogens is 4. The SMILES string of the molecule is Cc1ccc(S(=O)(=O)Nc2ccc(Br)c(C(F)(F)F)c2)s1. The van der Waals surface area contributed by atoms with Crippen LogP contribution in [0.15, 0.2) is 39.0 Å². The maximum Gasteiger partial charge on any atom is 0.417 e. The van der Waals surface area contributed by atoms with E-state index in [4.69, 9.17) is 0 Å². The number of anilines is 1. The average molecular weight is 400 g/mol. The van der Waals surface area contributed by atoms with Gasteiger partial charge < -0.3 is 0 Å². The predicted octanol–water partition coefficient (Wildman–Crippen LogP) is 4.64. The van der Waals surface area contributed by atoms with Gasteiger partial charge in [-0.05, 0) is 37.3 Å². The molecule has 0 spiro atoms. The third-order valence-electron chi connectivity index (χ3n) is 2.50. The molecule has 0 fully saturated rings. The Labute approximate surface area is 132 Å². The summed E-state index contributed by atoms with van der Waals surface area (Å²) in [5, 5.41) is 0. The second-order valence-corrected chi connectivity index (χ2v) is 8.21. The van der Waals surface area contributed by atoms with Gasteiger partial charge in [0.2, 0.25) is 0 Å². The van der Waals surface area contributed by atoms with Crippen molar-refractivity contribution in [1.82, 2.24) is 0 Å². The summed E-state index contributed by atoms with van der Waals surface area (Å²) >= 11 is 3.84. The number of benzene rings is 1. The van der Waals surface area contributed by atoms with Crippen LogP contribution in [0.3, 0.4) is 0 Å². The Morgan fingerprint density at radius 1 is 1.19 bits per heavy atom. The van der Waals surface area contributed by atoms with Crippen molar-refractivity contribution in [2.45, 2.75) is 17.3 Å². The molecule has 0 atom stereocenters. The molecule has 2 aromatic rings. The van der Waals surface area contributed by atoms with E-state index in [1.165, 1.54) is 12.1 Å². The van der Waals surface area contributed by atoms with E-state index < -0.39 is 21.8 Å². The molecular formula is C12H9BrF3NO2S2. The van der Waals surface area contributed by atoms with Crippen LogP contribution >= 0.6 is 27.3 Å². The first-order chi connectivity index (χ1) is 9.59. The molecule has 1 N–H and O–H groups in total. The number of sulfonamides is 1. The Balaban J connectivity index is 2.36. The lowest BCUT2D eigenvalue weighted by Gasteiger charge is -2.12. The summed E-state index contributed by atoms with van der Waals surface area (Å²) in [5.41, 5.74) is -1.08. The summed E-state index contributed by atoms with van der Waals surface area (Å²) in [7, 11) is -3.88. The number of thiophene rings is 1. The van der Waals surface area contributed by atoms with Gasteiger partial charge in [-0.25, -0.2) is 8.42 Å². The Morgan fingerprint density at radius 2 is 1.86 bits per heavy atom. The highest BCUT2D eigenvalue weighted by atomic mass is 79.9. The highest BCUT2D eigenvalue weighted by Crippen LogP contribution is 2.36. The van der Waals surface area contributed by atoms with Crippen LogP contribution in [0.1, 0.15) is 10.4 Å². The minimum Gasteiger partial charge on any atom is -0.279 e. The van der Waals surface area contributed by atoms with Crippen LogP contribution in [0.4, 0.5) is 18.9 Å². The molecule has 0 radical (unpaired) electrons. The molecule has 1 aromatic heterocycles. The largest absolute Gasteiger partial charge is 0.417 e. The molecule has 0 saturated carbocycles. The van der Waals surface area contributed by atoms with Crippen molar-refractivity contribution in [3.8, 4) is 0 Å². The van der Waals surface area contributed by atoms with Gasteiger partial charge in [-0.3, -0.25) is 4.72 Å². The van der Waals surface area contributed by atoms with Crippen LogP contribution in [0.5, 0.6) is 0 Å². The first kappa shape index (κ1) is 16.3. The smallest absolute Gasteiger partial charge is 0.279 e. The minimum atomic E-state index is -4.57. The molecule has 9 heteroatoms. The number of aryl methyl sites for hydroxylation is 1. The van der Waals surface area contributed by atoms with Crippen LogP contribution in [0.25, 0.3) is 0 Å². The Morgan fingerprint density at radius 3 is 2.38 bits per heavy atom. The van der Waals surface area contributed by atoms with Gasteiger partial charge in [0.25, 0.3) is 10.0 Å². The molecule has 0 aliphatic carbocycles. The van der Waals surface area contributed by atoms with Gasteiger partial charge in [0.05, 0.1) is 5.56 Å². The fourth-order valence-electron chi connectivity index (χ4n) is 1.57. The summed E-state index contributed by atoms with van der Waals surface area (Å²) < 4.78 is 64.5. The van der Waals surface area contributed by atoms with Crippen molar-refractivity contribution in [3.05, 3.63) is 45.2 Å². The van der Waals surface area contributed by atoms with E-state index in [1.807, 2.05) is 0 Å². The molecule has 0 bridgehead atoms. The highest BCUT2D eigenvalue weighted by molar-refractivity contribution is 9.10. The zero-order chi connectivity index (χ0) is 15.8. The maximum atomic E-state index is 12.8. The summed E-state index contributed by atoms with van der Waals surface area (Å²) in [6.07, 6.45) is -4.57. The number of rotatable bonds is 3. The van der Waals surface area contributed by atoms with Crippen LogP contribution in [0, 0.1) is 6.92 Å². The molecule has 114 valence electrons. The van der Waals surface area contributed by atoms with Gasteiger partial charge in [-0.1, -0.05) is 15.9 Å². The van der Waals surface area contributed by atoms with Gasteiger partial charge >= 0.3 is 6.18 Å². The fraction of sp³-hybridized carbons (Fsp3) is 0.167. The topological polar surface area (TPSA) is 46.2 Å². The summed E-state index contributed by atoms with van der Waals surface area (Å²) in [6.45, 7) is 1.74. The molecule has 0 saturated heterocycles. The molecule has 1 aromatic carbocycles. The van der Waals surface area contributed by atoms with Gasteiger partial charge in [-0.2, -0.15) is 13.2 Å².